The first-order valence-corrected chi connectivity index (χ1v) is 8.01. The van der Waals surface area contributed by atoms with Gasteiger partial charge >= 0.3 is 0 Å². The summed E-state index contributed by atoms with van der Waals surface area (Å²) in [5.74, 6) is -3.06. The molecule has 1 N–H and O–H groups in total. The van der Waals surface area contributed by atoms with Gasteiger partial charge in [0.15, 0.2) is 0 Å². The maximum Gasteiger partial charge on any atom is 0.262 e. The zero-order chi connectivity index (χ0) is 15.7. The quantitative estimate of drug-likeness (QED) is 0.814. The van der Waals surface area contributed by atoms with Crippen LogP contribution in [-0.2, 0) is 9.53 Å². The van der Waals surface area contributed by atoms with Crippen LogP contribution in [0.25, 0.3) is 0 Å². The molecule has 2 aliphatic heterocycles. The lowest BCUT2D eigenvalue weighted by molar-refractivity contribution is -0.141. The molecular formula is C15H18BrClF2N2O2. The molecule has 2 fully saturated rings. The second-order valence-electron chi connectivity index (χ2n) is 5.69. The molecule has 2 aliphatic rings. The van der Waals surface area contributed by atoms with Gasteiger partial charge in [-0.3, -0.25) is 10.1 Å². The molecule has 2 atom stereocenters. The summed E-state index contributed by atoms with van der Waals surface area (Å²) in [4.78, 5) is 14.0. The van der Waals surface area contributed by atoms with E-state index < -0.39 is 24.9 Å². The average molecular weight is 412 g/mol. The third-order valence-corrected chi connectivity index (χ3v) is 4.50. The van der Waals surface area contributed by atoms with Gasteiger partial charge in [-0.2, -0.15) is 0 Å². The molecule has 0 aromatic heterocycles. The fourth-order valence-corrected chi connectivity index (χ4v) is 3.29. The number of halogens is 4. The van der Waals surface area contributed by atoms with Gasteiger partial charge in [0, 0.05) is 17.4 Å². The van der Waals surface area contributed by atoms with Crippen molar-refractivity contribution in [3.8, 4) is 0 Å². The van der Waals surface area contributed by atoms with Gasteiger partial charge in [-0.25, -0.2) is 8.78 Å². The standard InChI is InChI=1S/C15H17BrF2N2O2.ClH/c16-11-3-1-2-10(6-11)13-8-20(4-5-22-13)14(21)12-7-15(17,18)9-19-12;/h1-3,6,12-13,19H,4-5,7-9H2;1H. The van der Waals surface area contributed by atoms with E-state index in [0.717, 1.165) is 10.0 Å². The molecule has 0 aliphatic carbocycles. The normalized spacial score (nSPS) is 26.7. The fraction of sp³-hybridized carbons (Fsp3) is 0.533. The summed E-state index contributed by atoms with van der Waals surface area (Å²) in [6, 6.07) is 6.91. The molecule has 0 spiro atoms. The van der Waals surface area contributed by atoms with Crippen molar-refractivity contribution in [3.63, 3.8) is 0 Å². The molecule has 3 rings (SSSR count). The SMILES string of the molecule is Cl.O=C(C1CC(F)(F)CN1)N1CCOC(c2cccc(Br)c2)C1. The van der Waals surface area contributed by atoms with Gasteiger partial charge in [-0.1, -0.05) is 28.1 Å². The van der Waals surface area contributed by atoms with E-state index in [1.165, 1.54) is 0 Å². The number of hydrogen-bond donors (Lipinski definition) is 1. The van der Waals surface area contributed by atoms with Crippen molar-refractivity contribution in [1.82, 2.24) is 10.2 Å². The Labute approximate surface area is 148 Å². The molecule has 1 aromatic carbocycles. The maximum atomic E-state index is 13.2. The van der Waals surface area contributed by atoms with Crippen LogP contribution >= 0.6 is 28.3 Å². The van der Waals surface area contributed by atoms with E-state index in [-0.39, 0.29) is 24.4 Å². The number of nitrogens with one attached hydrogen (secondary N) is 1. The first-order chi connectivity index (χ1) is 10.4. The Morgan fingerprint density at radius 1 is 1.43 bits per heavy atom. The largest absolute Gasteiger partial charge is 0.370 e. The number of morpholine rings is 1. The maximum absolute atomic E-state index is 13.2. The fourth-order valence-electron chi connectivity index (χ4n) is 2.87. The van der Waals surface area contributed by atoms with Crippen molar-refractivity contribution in [2.75, 3.05) is 26.2 Å². The van der Waals surface area contributed by atoms with Crippen LogP contribution in [0.3, 0.4) is 0 Å². The molecule has 23 heavy (non-hydrogen) atoms. The summed E-state index contributed by atoms with van der Waals surface area (Å²) in [6.07, 6.45) is -0.651. The molecule has 1 amide bonds. The highest BCUT2D eigenvalue weighted by Gasteiger charge is 2.44. The summed E-state index contributed by atoms with van der Waals surface area (Å²) >= 11 is 3.41. The molecule has 0 radical (unpaired) electrons. The van der Waals surface area contributed by atoms with Crippen LogP contribution in [0.15, 0.2) is 28.7 Å². The van der Waals surface area contributed by atoms with Crippen molar-refractivity contribution in [2.45, 2.75) is 24.5 Å². The average Bonchev–Trinajstić information content (AvgIpc) is 2.87. The Morgan fingerprint density at radius 2 is 2.22 bits per heavy atom. The van der Waals surface area contributed by atoms with Crippen molar-refractivity contribution >= 4 is 34.2 Å². The third-order valence-electron chi connectivity index (χ3n) is 4.01. The highest BCUT2D eigenvalue weighted by atomic mass is 79.9. The number of rotatable bonds is 2. The second kappa shape index (κ2) is 7.42. The topological polar surface area (TPSA) is 41.6 Å². The van der Waals surface area contributed by atoms with Crippen LogP contribution in [0.1, 0.15) is 18.1 Å². The zero-order valence-corrected chi connectivity index (χ0v) is 14.7. The van der Waals surface area contributed by atoms with Crippen LogP contribution in [0, 0.1) is 0 Å². The molecule has 2 unspecified atom stereocenters. The van der Waals surface area contributed by atoms with Crippen LogP contribution in [-0.4, -0.2) is 49.0 Å². The van der Waals surface area contributed by atoms with E-state index >= 15 is 0 Å². The minimum absolute atomic E-state index is 0. The monoisotopic (exact) mass is 410 g/mol. The molecular weight excluding hydrogens is 394 g/mol. The summed E-state index contributed by atoms with van der Waals surface area (Å²) in [7, 11) is 0. The van der Waals surface area contributed by atoms with E-state index in [1.807, 2.05) is 24.3 Å². The minimum Gasteiger partial charge on any atom is -0.370 e. The van der Waals surface area contributed by atoms with Crippen molar-refractivity contribution in [3.05, 3.63) is 34.3 Å². The first kappa shape index (κ1) is 18.6. The number of hydrogen-bond acceptors (Lipinski definition) is 3. The zero-order valence-electron chi connectivity index (χ0n) is 12.3. The third kappa shape index (κ3) is 4.41. The van der Waals surface area contributed by atoms with E-state index in [4.69, 9.17) is 4.74 Å². The summed E-state index contributed by atoms with van der Waals surface area (Å²) in [5, 5.41) is 2.62. The first-order valence-electron chi connectivity index (χ1n) is 7.22. The van der Waals surface area contributed by atoms with Gasteiger partial charge in [0.05, 0.1) is 25.7 Å². The number of carbonyl (C=O) groups is 1. The Kier molecular flexibility index (Phi) is 5.99. The van der Waals surface area contributed by atoms with Gasteiger partial charge in [-0.05, 0) is 17.7 Å². The number of benzene rings is 1. The van der Waals surface area contributed by atoms with Crippen LogP contribution in [0.5, 0.6) is 0 Å². The Hall–Kier alpha value is -0.760. The van der Waals surface area contributed by atoms with Crippen molar-refractivity contribution in [2.24, 2.45) is 0 Å². The van der Waals surface area contributed by atoms with Crippen molar-refractivity contribution in [1.29, 1.82) is 0 Å². The lowest BCUT2D eigenvalue weighted by atomic mass is 10.1. The second-order valence-corrected chi connectivity index (χ2v) is 6.61. The van der Waals surface area contributed by atoms with E-state index in [9.17, 15) is 13.6 Å². The van der Waals surface area contributed by atoms with Crippen LogP contribution in [0.2, 0.25) is 0 Å². The van der Waals surface area contributed by atoms with E-state index in [2.05, 4.69) is 21.2 Å². The Balaban J connectivity index is 0.00000192. The Morgan fingerprint density at radius 3 is 2.87 bits per heavy atom. The van der Waals surface area contributed by atoms with E-state index in [0.29, 0.717) is 19.7 Å². The number of carbonyl (C=O) groups excluding carboxylic acids is 1. The smallest absolute Gasteiger partial charge is 0.262 e. The van der Waals surface area contributed by atoms with Gasteiger partial charge < -0.3 is 9.64 Å². The molecule has 0 saturated carbocycles. The predicted molar refractivity (Wildman–Crippen MR) is 88.0 cm³/mol. The highest BCUT2D eigenvalue weighted by molar-refractivity contribution is 9.10. The van der Waals surface area contributed by atoms with Gasteiger partial charge in [0.1, 0.15) is 6.10 Å². The lowest BCUT2D eigenvalue weighted by Gasteiger charge is -2.34. The molecule has 0 bridgehead atoms. The van der Waals surface area contributed by atoms with E-state index in [1.54, 1.807) is 4.90 Å². The number of ether oxygens (including phenoxy) is 1. The highest BCUT2D eigenvalue weighted by Crippen LogP contribution is 2.28. The minimum atomic E-state index is -2.80. The Bertz CT molecular complexity index is 576. The molecule has 2 saturated heterocycles. The number of amides is 1. The summed E-state index contributed by atoms with van der Waals surface area (Å²) < 4.78 is 33.1. The van der Waals surface area contributed by atoms with Gasteiger partial charge in [0.2, 0.25) is 5.91 Å². The molecule has 2 heterocycles. The molecule has 1 aromatic rings. The van der Waals surface area contributed by atoms with Crippen LogP contribution in [0.4, 0.5) is 8.78 Å². The number of alkyl halides is 2. The molecule has 128 valence electrons. The summed E-state index contributed by atoms with van der Waals surface area (Å²) in [5.41, 5.74) is 0.969. The molecule has 8 heteroatoms. The summed E-state index contributed by atoms with van der Waals surface area (Å²) in [6.45, 7) is 0.807. The lowest BCUT2D eigenvalue weighted by Crippen LogP contribution is -2.49. The predicted octanol–water partition coefficient (Wildman–Crippen LogP) is 2.77. The van der Waals surface area contributed by atoms with Gasteiger partial charge in [0.25, 0.3) is 5.92 Å². The molecule has 4 nitrogen and oxygen atoms in total. The van der Waals surface area contributed by atoms with Gasteiger partial charge in [-0.15, -0.1) is 12.4 Å². The van der Waals surface area contributed by atoms with Crippen molar-refractivity contribution < 1.29 is 18.3 Å². The number of nitrogens with zero attached hydrogens (tertiary/aromatic N) is 1. The van der Waals surface area contributed by atoms with Crippen LogP contribution < -0.4 is 5.32 Å².